The minimum Gasteiger partial charge on any atom is -0.288 e. The number of nitrogens with zero attached hydrogens (tertiary/aromatic N) is 3. The summed E-state index contributed by atoms with van der Waals surface area (Å²) in [5.74, 6) is 0.656. The van der Waals surface area contributed by atoms with Gasteiger partial charge in [-0.1, -0.05) is 60.1 Å². The van der Waals surface area contributed by atoms with Gasteiger partial charge in [0.15, 0.2) is 0 Å². The van der Waals surface area contributed by atoms with E-state index in [9.17, 15) is 4.79 Å². The van der Waals surface area contributed by atoms with Crippen LogP contribution >= 0.6 is 11.6 Å². The smallest absolute Gasteiger partial charge is 0.261 e. The van der Waals surface area contributed by atoms with E-state index in [0.29, 0.717) is 28.3 Å². The van der Waals surface area contributed by atoms with E-state index in [1.807, 2.05) is 85.8 Å². The van der Waals surface area contributed by atoms with Crippen LogP contribution in [0.3, 0.4) is 0 Å². The van der Waals surface area contributed by atoms with Gasteiger partial charge in [0.25, 0.3) is 5.56 Å². The van der Waals surface area contributed by atoms with Crippen LogP contribution in [-0.2, 0) is 6.54 Å². The maximum atomic E-state index is 13.8. The molecule has 32 heavy (non-hydrogen) atoms. The van der Waals surface area contributed by atoms with Gasteiger partial charge >= 0.3 is 0 Å². The lowest BCUT2D eigenvalue weighted by atomic mass is 10.0. The third kappa shape index (κ3) is 3.81. The van der Waals surface area contributed by atoms with Crippen LogP contribution in [0.5, 0.6) is 0 Å². The molecule has 0 radical (unpaired) electrons. The predicted molar refractivity (Wildman–Crippen MR) is 130 cm³/mol. The lowest BCUT2D eigenvalue weighted by molar-refractivity contribution is 0.756. The molecule has 0 amide bonds. The zero-order valence-corrected chi connectivity index (χ0v) is 18.3. The molecule has 0 unspecified atom stereocenters. The van der Waals surface area contributed by atoms with Gasteiger partial charge < -0.3 is 0 Å². The average Bonchev–Trinajstić information content (AvgIpc) is 2.82. The molecule has 0 spiro atoms. The first-order valence-corrected chi connectivity index (χ1v) is 10.7. The highest BCUT2D eigenvalue weighted by atomic mass is 35.5. The van der Waals surface area contributed by atoms with Crippen molar-refractivity contribution in [3.8, 4) is 22.5 Å². The second-order valence-corrected chi connectivity index (χ2v) is 8.18. The lowest BCUT2D eigenvalue weighted by Crippen LogP contribution is -2.24. The summed E-state index contributed by atoms with van der Waals surface area (Å²) in [6, 6.07) is 25.3. The maximum Gasteiger partial charge on any atom is 0.261 e. The van der Waals surface area contributed by atoms with Gasteiger partial charge in [0, 0.05) is 23.0 Å². The van der Waals surface area contributed by atoms with Gasteiger partial charge in [0.05, 0.1) is 17.4 Å². The van der Waals surface area contributed by atoms with Crippen LogP contribution < -0.4 is 5.56 Å². The summed E-state index contributed by atoms with van der Waals surface area (Å²) in [7, 11) is 0. The van der Waals surface area contributed by atoms with E-state index in [4.69, 9.17) is 16.6 Å². The number of hydrogen-bond acceptors (Lipinski definition) is 3. The number of aryl methyl sites for hydroxylation is 1. The first kappa shape index (κ1) is 20.2. The lowest BCUT2D eigenvalue weighted by Gasteiger charge is -2.16. The number of fused-ring (bicyclic) bond motifs is 1. The van der Waals surface area contributed by atoms with Gasteiger partial charge in [-0.05, 0) is 59.5 Å². The van der Waals surface area contributed by atoms with Gasteiger partial charge in [0.1, 0.15) is 5.82 Å². The van der Waals surface area contributed by atoms with E-state index >= 15 is 0 Å². The molecular formula is C27H20ClN3O. The number of hydrogen-bond donors (Lipinski definition) is 0. The minimum absolute atomic E-state index is 0.0760. The van der Waals surface area contributed by atoms with Gasteiger partial charge in [-0.3, -0.25) is 14.3 Å². The zero-order chi connectivity index (χ0) is 22.1. The third-order valence-corrected chi connectivity index (χ3v) is 5.83. The Balaban J connectivity index is 1.74. The fourth-order valence-electron chi connectivity index (χ4n) is 3.89. The normalized spacial score (nSPS) is 11.1. The topological polar surface area (TPSA) is 47.8 Å². The molecule has 0 aliphatic rings. The molecule has 0 N–H and O–H groups in total. The molecule has 0 bridgehead atoms. The second-order valence-electron chi connectivity index (χ2n) is 7.74. The van der Waals surface area contributed by atoms with Gasteiger partial charge in [-0.25, -0.2) is 4.98 Å². The van der Waals surface area contributed by atoms with Crippen LogP contribution in [0.1, 0.15) is 11.1 Å². The predicted octanol–water partition coefficient (Wildman–Crippen LogP) is 6.14. The van der Waals surface area contributed by atoms with Gasteiger partial charge in [0.2, 0.25) is 0 Å². The van der Waals surface area contributed by atoms with Crippen molar-refractivity contribution in [1.82, 2.24) is 14.5 Å². The summed E-state index contributed by atoms with van der Waals surface area (Å²) >= 11 is 6.04. The van der Waals surface area contributed by atoms with Crippen molar-refractivity contribution in [2.75, 3.05) is 0 Å². The Labute approximate surface area is 190 Å². The Hall–Kier alpha value is -3.76. The summed E-state index contributed by atoms with van der Waals surface area (Å²) < 4.78 is 1.74. The molecule has 0 atom stereocenters. The third-order valence-electron chi connectivity index (χ3n) is 5.58. The van der Waals surface area contributed by atoms with Crippen molar-refractivity contribution in [2.45, 2.75) is 13.5 Å². The Morgan fingerprint density at radius 2 is 1.69 bits per heavy atom. The Bertz CT molecular complexity index is 1480. The largest absolute Gasteiger partial charge is 0.288 e. The maximum absolute atomic E-state index is 13.8. The highest BCUT2D eigenvalue weighted by molar-refractivity contribution is 6.30. The van der Waals surface area contributed by atoms with Crippen LogP contribution in [0.15, 0.2) is 96.1 Å². The quantitative estimate of drug-likeness (QED) is 0.339. The molecule has 2 aromatic heterocycles. The standard InChI is InChI=1S/C27H20ClN3O/c1-18-5-2-3-7-23(18)26-30-25-13-10-21(20-8-11-22(28)12-9-20)15-24(25)27(32)31(26)17-19-6-4-14-29-16-19/h2-16H,17H2,1H3. The first-order valence-electron chi connectivity index (χ1n) is 10.4. The van der Waals surface area contributed by atoms with E-state index in [2.05, 4.69) is 4.98 Å². The fourth-order valence-corrected chi connectivity index (χ4v) is 4.02. The molecule has 5 heteroatoms. The molecule has 0 saturated carbocycles. The van der Waals surface area contributed by atoms with Crippen molar-refractivity contribution >= 4 is 22.5 Å². The molecule has 156 valence electrons. The molecule has 0 aliphatic carbocycles. The van der Waals surface area contributed by atoms with Crippen molar-refractivity contribution in [3.63, 3.8) is 0 Å². The van der Waals surface area contributed by atoms with Crippen molar-refractivity contribution < 1.29 is 0 Å². The van der Waals surface area contributed by atoms with E-state index in [-0.39, 0.29) is 5.56 Å². The van der Waals surface area contributed by atoms with Gasteiger partial charge in [-0.15, -0.1) is 0 Å². The number of benzene rings is 3. The van der Waals surface area contributed by atoms with Crippen LogP contribution in [0.25, 0.3) is 33.4 Å². The van der Waals surface area contributed by atoms with Crippen molar-refractivity contribution in [1.29, 1.82) is 0 Å². The molecule has 0 fully saturated rings. The molecular weight excluding hydrogens is 418 g/mol. The summed E-state index contributed by atoms with van der Waals surface area (Å²) in [6.45, 7) is 2.42. The number of pyridine rings is 1. The van der Waals surface area contributed by atoms with Crippen LogP contribution in [0, 0.1) is 6.92 Å². The molecule has 0 aliphatic heterocycles. The van der Waals surface area contributed by atoms with Crippen molar-refractivity contribution in [2.24, 2.45) is 0 Å². The highest BCUT2D eigenvalue weighted by Crippen LogP contribution is 2.27. The fraction of sp³-hybridized carbons (Fsp3) is 0.0741. The molecule has 2 heterocycles. The average molecular weight is 438 g/mol. The van der Waals surface area contributed by atoms with E-state index < -0.39 is 0 Å². The van der Waals surface area contributed by atoms with E-state index in [1.165, 1.54) is 0 Å². The van der Waals surface area contributed by atoms with E-state index in [0.717, 1.165) is 27.8 Å². The molecule has 3 aromatic carbocycles. The Morgan fingerprint density at radius 3 is 2.44 bits per heavy atom. The van der Waals surface area contributed by atoms with E-state index in [1.54, 1.807) is 17.0 Å². The Kier molecular flexibility index (Phi) is 5.29. The first-order chi connectivity index (χ1) is 15.6. The summed E-state index contributed by atoms with van der Waals surface area (Å²) in [6.07, 6.45) is 3.51. The molecule has 5 rings (SSSR count). The number of aromatic nitrogens is 3. The Morgan fingerprint density at radius 1 is 0.906 bits per heavy atom. The second kappa shape index (κ2) is 8.40. The zero-order valence-electron chi connectivity index (χ0n) is 17.5. The number of rotatable bonds is 4. The minimum atomic E-state index is -0.0760. The molecule has 4 nitrogen and oxygen atoms in total. The van der Waals surface area contributed by atoms with Crippen LogP contribution in [0.2, 0.25) is 5.02 Å². The molecule has 0 saturated heterocycles. The summed E-state index contributed by atoms with van der Waals surface area (Å²) in [5.41, 5.74) is 5.50. The summed E-state index contributed by atoms with van der Waals surface area (Å²) in [5, 5.41) is 1.26. The van der Waals surface area contributed by atoms with Gasteiger partial charge in [-0.2, -0.15) is 0 Å². The SMILES string of the molecule is Cc1ccccc1-c1nc2ccc(-c3ccc(Cl)cc3)cc2c(=O)n1Cc1cccnc1. The van der Waals surface area contributed by atoms with Crippen LogP contribution in [-0.4, -0.2) is 14.5 Å². The van der Waals surface area contributed by atoms with Crippen molar-refractivity contribution in [3.05, 3.63) is 118 Å². The summed E-state index contributed by atoms with van der Waals surface area (Å²) in [4.78, 5) is 22.9. The van der Waals surface area contributed by atoms with Crippen LogP contribution in [0.4, 0.5) is 0 Å². The monoisotopic (exact) mass is 437 g/mol. The number of halogens is 1. The molecule has 5 aromatic rings. The highest BCUT2D eigenvalue weighted by Gasteiger charge is 2.15.